The van der Waals surface area contributed by atoms with Gasteiger partial charge in [0.1, 0.15) is 6.10 Å². The molecule has 2 heteroatoms. The molecule has 66 valence electrons. The third-order valence-electron chi connectivity index (χ3n) is 2.20. The highest BCUT2D eigenvalue weighted by Gasteiger charge is 2.39. The minimum absolute atomic E-state index is 0.261. The summed E-state index contributed by atoms with van der Waals surface area (Å²) < 4.78 is 5.28. The van der Waals surface area contributed by atoms with Crippen molar-refractivity contribution < 1.29 is 4.74 Å². The van der Waals surface area contributed by atoms with Gasteiger partial charge < -0.3 is 4.74 Å². The molecule has 1 aliphatic rings. The molecule has 0 aromatic carbocycles. The highest BCUT2D eigenvalue weighted by molar-refractivity contribution is 6.21. The Kier molecular flexibility index (Phi) is 3.67. The molecule has 0 spiro atoms. The lowest BCUT2D eigenvalue weighted by molar-refractivity contribution is 0.367. The summed E-state index contributed by atoms with van der Waals surface area (Å²) in [7, 11) is 0. The molecular weight excluding hydrogens is 160 g/mol. The summed E-state index contributed by atoms with van der Waals surface area (Å²) in [6.45, 7) is 4.29. The quantitative estimate of drug-likeness (QED) is 0.357. The second-order valence-electron chi connectivity index (χ2n) is 3.32. The summed E-state index contributed by atoms with van der Waals surface area (Å²) in [6, 6.07) is 0. The minimum atomic E-state index is 0.261. The normalized spacial score (nSPS) is 31.9. The van der Waals surface area contributed by atoms with E-state index >= 15 is 0 Å². The standard InChI is InChI=1S/C9H17ClO/c1-3-4-5-6-8(10)9-7(2)11-9/h7-9H,3-6H2,1-2H3. The molecule has 0 aromatic rings. The molecule has 3 unspecified atom stereocenters. The number of epoxide rings is 1. The number of hydrogen-bond acceptors (Lipinski definition) is 1. The number of ether oxygens (including phenoxy) is 1. The van der Waals surface area contributed by atoms with Gasteiger partial charge in [-0.2, -0.15) is 0 Å². The number of unbranched alkanes of at least 4 members (excludes halogenated alkanes) is 2. The topological polar surface area (TPSA) is 12.5 Å². The monoisotopic (exact) mass is 176 g/mol. The fourth-order valence-electron chi connectivity index (χ4n) is 1.34. The molecule has 1 nitrogen and oxygen atoms in total. The van der Waals surface area contributed by atoms with E-state index in [0.29, 0.717) is 12.2 Å². The maximum absolute atomic E-state index is 6.08. The predicted octanol–water partition coefficient (Wildman–Crippen LogP) is 2.96. The average Bonchev–Trinajstić information content (AvgIpc) is 2.67. The lowest BCUT2D eigenvalue weighted by Gasteiger charge is -2.03. The van der Waals surface area contributed by atoms with Crippen LogP contribution in [-0.2, 0) is 4.74 Å². The fourth-order valence-corrected chi connectivity index (χ4v) is 1.75. The van der Waals surface area contributed by atoms with Crippen molar-refractivity contribution in [3.63, 3.8) is 0 Å². The molecule has 1 rings (SSSR count). The van der Waals surface area contributed by atoms with E-state index in [9.17, 15) is 0 Å². The van der Waals surface area contributed by atoms with Crippen LogP contribution in [-0.4, -0.2) is 17.6 Å². The number of alkyl halides is 1. The maximum atomic E-state index is 6.08. The van der Waals surface area contributed by atoms with Gasteiger partial charge in [0.2, 0.25) is 0 Å². The Morgan fingerprint density at radius 1 is 1.45 bits per heavy atom. The van der Waals surface area contributed by atoms with Gasteiger partial charge in [-0.3, -0.25) is 0 Å². The highest BCUT2D eigenvalue weighted by Crippen LogP contribution is 2.30. The summed E-state index contributed by atoms with van der Waals surface area (Å²) in [4.78, 5) is 0. The summed E-state index contributed by atoms with van der Waals surface area (Å²) in [5, 5.41) is 0.261. The van der Waals surface area contributed by atoms with Crippen LogP contribution in [0.2, 0.25) is 0 Å². The summed E-state index contributed by atoms with van der Waals surface area (Å²) >= 11 is 6.08. The zero-order valence-corrected chi connectivity index (χ0v) is 8.10. The second kappa shape index (κ2) is 4.32. The van der Waals surface area contributed by atoms with Crippen LogP contribution in [0.3, 0.4) is 0 Å². The largest absolute Gasteiger partial charge is 0.368 e. The van der Waals surface area contributed by atoms with E-state index in [1.165, 1.54) is 19.3 Å². The van der Waals surface area contributed by atoms with Crippen molar-refractivity contribution in [3.8, 4) is 0 Å². The average molecular weight is 177 g/mol. The Hall–Kier alpha value is 0.250. The minimum Gasteiger partial charge on any atom is -0.368 e. The van der Waals surface area contributed by atoms with Crippen molar-refractivity contribution in [2.24, 2.45) is 0 Å². The van der Waals surface area contributed by atoms with Gasteiger partial charge in [-0.1, -0.05) is 26.2 Å². The summed E-state index contributed by atoms with van der Waals surface area (Å²) in [6.07, 6.45) is 5.70. The molecular formula is C9H17ClO. The fraction of sp³-hybridized carbons (Fsp3) is 1.00. The molecule has 0 saturated carbocycles. The molecule has 0 aliphatic carbocycles. The van der Waals surface area contributed by atoms with E-state index in [0.717, 1.165) is 6.42 Å². The van der Waals surface area contributed by atoms with Crippen molar-refractivity contribution in [2.75, 3.05) is 0 Å². The molecule has 0 amide bonds. The Labute approximate surface area is 74.1 Å². The first kappa shape index (κ1) is 9.34. The van der Waals surface area contributed by atoms with E-state index in [1.807, 2.05) is 0 Å². The van der Waals surface area contributed by atoms with Crippen LogP contribution in [0.4, 0.5) is 0 Å². The lowest BCUT2D eigenvalue weighted by Crippen LogP contribution is -2.08. The number of hydrogen-bond donors (Lipinski definition) is 0. The molecule has 11 heavy (non-hydrogen) atoms. The van der Waals surface area contributed by atoms with E-state index in [-0.39, 0.29) is 5.38 Å². The highest BCUT2D eigenvalue weighted by atomic mass is 35.5. The van der Waals surface area contributed by atoms with Crippen molar-refractivity contribution in [1.82, 2.24) is 0 Å². The Morgan fingerprint density at radius 2 is 2.09 bits per heavy atom. The molecule has 3 atom stereocenters. The third kappa shape index (κ3) is 3.00. The Bertz CT molecular complexity index is 116. The first-order valence-electron chi connectivity index (χ1n) is 4.55. The molecule has 1 heterocycles. The van der Waals surface area contributed by atoms with Crippen LogP contribution in [0.1, 0.15) is 39.5 Å². The van der Waals surface area contributed by atoms with Crippen molar-refractivity contribution in [3.05, 3.63) is 0 Å². The molecule has 0 radical (unpaired) electrons. The summed E-state index contributed by atoms with van der Waals surface area (Å²) in [5.74, 6) is 0. The molecule has 1 aliphatic heterocycles. The Balaban J connectivity index is 1.98. The van der Waals surface area contributed by atoms with Crippen LogP contribution < -0.4 is 0 Å². The van der Waals surface area contributed by atoms with Gasteiger partial charge in [-0.25, -0.2) is 0 Å². The zero-order valence-electron chi connectivity index (χ0n) is 7.35. The first-order valence-corrected chi connectivity index (χ1v) is 4.99. The maximum Gasteiger partial charge on any atom is 0.100 e. The van der Waals surface area contributed by atoms with E-state index in [4.69, 9.17) is 16.3 Å². The van der Waals surface area contributed by atoms with Gasteiger partial charge in [-0.15, -0.1) is 11.6 Å². The second-order valence-corrected chi connectivity index (χ2v) is 3.88. The van der Waals surface area contributed by atoms with E-state index < -0.39 is 0 Å². The predicted molar refractivity (Wildman–Crippen MR) is 48.1 cm³/mol. The van der Waals surface area contributed by atoms with Gasteiger partial charge in [0.05, 0.1) is 11.5 Å². The smallest absolute Gasteiger partial charge is 0.100 e. The summed E-state index contributed by atoms with van der Waals surface area (Å²) in [5.41, 5.74) is 0. The molecule has 0 bridgehead atoms. The van der Waals surface area contributed by atoms with Crippen molar-refractivity contribution in [2.45, 2.75) is 57.1 Å². The first-order chi connectivity index (χ1) is 5.25. The van der Waals surface area contributed by atoms with Gasteiger partial charge in [0.25, 0.3) is 0 Å². The Morgan fingerprint density at radius 3 is 2.55 bits per heavy atom. The van der Waals surface area contributed by atoms with Crippen LogP contribution in [0, 0.1) is 0 Å². The van der Waals surface area contributed by atoms with Gasteiger partial charge in [0, 0.05) is 0 Å². The van der Waals surface area contributed by atoms with Gasteiger partial charge >= 0.3 is 0 Å². The number of halogens is 1. The van der Waals surface area contributed by atoms with Crippen molar-refractivity contribution in [1.29, 1.82) is 0 Å². The van der Waals surface area contributed by atoms with Gasteiger partial charge in [-0.05, 0) is 13.3 Å². The molecule has 1 saturated heterocycles. The molecule has 0 N–H and O–H groups in total. The van der Waals surface area contributed by atoms with E-state index in [1.54, 1.807) is 0 Å². The van der Waals surface area contributed by atoms with Crippen LogP contribution in [0.15, 0.2) is 0 Å². The van der Waals surface area contributed by atoms with Crippen LogP contribution in [0.25, 0.3) is 0 Å². The zero-order chi connectivity index (χ0) is 8.27. The van der Waals surface area contributed by atoms with Crippen LogP contribution >= 0.6 is 11.6 Å². The third-order valence-corrected chi connectivity index (χ3v) is 2.66. The SMILES string of the molecule is CCCCCC(Cl)C1OC1C. The van der Waals surface area contributed by atoms with Crippen molar-refractivity contribution >= 4 is 11.6 Å². The molecule has 1 fully saturated rings. The number of rotatable bonds is 5. The van der Waals surface area contributed by atoms with Gasteiger partial charge in [0.15, 0.2) is 0 Å². The molecule has 0 aromatic heterocycles. The van der Waals surface area contributed by atoms with Crippen LogP contribution in [0.5, 0.6) is 0 Å². The lowest BCUT2D eigenvalue weighted by atomic mass is 10.1. The van der Waals surface area contributed by atoms with E-state index in [2.05, 4.69) is 13.8 Å².